The Hall–Kier alpha value is -3.05. The first kappa shape index (κ1) is 23.6. The molecule has 0 saturated carbocycles. The summed E-state index contributed by atoms with van der Waals surface area (Å²) in [5, 5.41) is 0. The Morgan fingerprint density at radius 2 is 1.56 bits per heavy atom. The van der Waals surface area contributed by atoms with Gasteiger partial charge in [0.1, 0.15) is 12.4 Å². The van der Waals surface area contributed by atoms with E-state index in [0.717, 1.165) is 47.7 Å². The highest BCUT2D eigenvalue weighted by molar-refractivity contribution is 5.79. The van der Waals surface area contributed by atoms with Crippen LogP contribution in [0, 0.1) is 0 Å². The average Bonchev–Trinajstić information content (AvgIpc) is 2.84. The van der Waals surface area contributed by atoms with Gasteiger partial charge in [-0.25, -0.2) is 4.98 Å². The molecule has 32 heavy (non-hydrogen) atoms. The van der Waals surface area contributed by atoms with Gasteiger partial charge in [-0.15, -0.1) is 0 Å². The lowest BCUT2D eigenvalue weighted by Gasteiger charge is -2.28. The number of carbonyl (C=O) groups is 1. The van der Waals surface area contributed by atoms with Gasteiger partial charge in [-0.2, -0.15) is 0 Å². The molecule has 1 heterocycles. The zero-order valence-corrected chi connectivity index (χ0v) is 19.3. The Morgan fingerprint density at radius 3 is 2.16 bits per heavy atom. The SMILES string of the molecule is CCC(=O)COCCCCN(c1cnc(-c2ccccc2)c(-c2ccccc2)n1)C(C)C. The van der Waals surface area contributed by atoms with Crippen molar-refractivity contribution in [3.63, 3.8) is 0 Å². The number of hydrogen-bond acceptors (Lipinski definition) is 5. The zero-order valence-electron chi connectivity index (χ0n) is 19.3. The second-order valence-corrected chi connectivity index (χ2v) is 8.10. The van der Waals surface area contributed by atoms with Crippen molar-refractivity contribution in [1.82, 2.24) is 9.97 Å². The summed E-state index contributed by atoms with van der Waals surface area (Å²) in [5.41, 5.74) is 3.89. The van der Waals surface area contributed by atoms with E-state index in [-0.39, 0.29) is 18.4 Å². The van der Waals surface area contributed by atoms with Crippen LogP contribution in [0.1, 0.15) is 40.0 Å². The molecule has 0 aliphatic rings. The number of aromatic nitrogens is 2. The van der Waals surface area contributed by atoms with Crippen LogP contribution < -0.4 is 4.90 Å². The highest BCUT2D eigenvalue weighted by Crippen LogP contribution is 2.30. The van der Waals surface area contributed by atoms with E-state index < -0.39 is 0 Å². The molecule has 0 aliphatic carbocycles. The summed E-state index contributed by atoms with van der Waals surface area (Å²) in [6.07, 6.45) is 4.27. The minimum absolute atomic E-state index is 0.149. The summed E-state index contributed by atoms with van der Waals surface area (Å²) in [6, 6.07) is 20.7. The zero-order chi connectivity index (χ0) is 22.8. The molecule has 0 atom stereocenters. The van der Waals surface area contributed by atoms with Crippen molar-refractivity contribution < 1.29 is 9.53 Å². The molecule has 1 aromatic heterocycles. The van der Waals surface area contributed by atoms with Crippen molar-refractivity contribution in [3.8, 4) is 22.5 Å². The molecule has 0 fully saturated rings. The van der Waals surface area contributed by atoms with Gasteiger partial charge in [-0.3, -0.25) is 9.78 Å². The first-order valence-corrected chi connectivity index (χ1v) is 11.4. The van der Waals surface area contributed by atoms with Crippen LogP contribution in [-0.2, 0) is 9.53 Å². The number of carbonyl (C=O) groups excluding carboxylic acids is 1. The van der Waals surface area contributed by atoms with Crippen molar-refractivity contribution in [2.75, 3.05) is 24.7 Å². The maximum Gasteiger partial charge on any atom is 0.158 e. The third kappa shape index (κ3) is 6.47. The van der Waals surface area contributed by atoms with Gasteiger partial charge in [0.25, 0.3) is 0 Å². The molecular weight excluding hydrogens is 398 g/mol. The van der Waals surface area contributed by atoms with Gasteiger partial charge in [0.2, 0.25) is 0 Å². The number of nitrogens with zero attached hydrogens (tertiary/aromatic N) is 3. The lowest BCUT2D eigenvalue weighted by Crippen LogP contribution is -2.33. The van der Waals surface area contributed by atoms with Crippen LogP contribution in [0.2, 0.25) is 0 Å². The Labute approximate surface area is 191 Å². The quantitative estimate of drug-likeness (QED) is 0.339. The van der Waals surface area contributed by atoms with Gasteiger partial charge in [-0.1, -0.05) is 67.6 Å². The predicted octanol–water partition coefficient (Wildman–Crippen LogP) is 5.80. The summed E-state index contributed by atoms with van der Waals surface area (Å²) in [5.74, 6) is 1.02. The van der Waals surface area contributed by atoms with E-state index in [1.807, 2.05) is 49.5 Å². The van der Waals surface area contributed by atoms with Crippen molar-refractivity contribution in [2.24, 2.45) is 0 Å². The van der Waals surface area contributed by atoms with Crippen molar-refractivity contribution in [2.45, 2.75) is 46.1 Å². The van der Waals surface area contributed by atoms with Gasteiger partial charge < -0.3 is 9.64 Å². The van der Waals surface area contributed by atoms with E-state index in [0.29, 0.717) is 13.0 Å². The standard InChI is InChI=1S/C27H33N3O2/c1-4-24(31)20-32-18-12-11-17-30(21(2)3)25-19-28-26(22-13-7-5-8-14-22)27(29-25)23-15-9-6-10-16-23/h5-10,13-16,19,21H,4,11-12,17-18,20H2,1-3H3. The summed E-state index contributed by atoms with van der Waals surface area (Å²) in [7, 11) is 0. The van der Waals surface area contributed by atoms with E-state index in [1.54, 1.807) is 0 Å². The average molecular weight is 432 g/mol. The van der Waals surface area contributed by atoms with Gasteiger partial charge >= 0.3 is 0 Å². The fourth-order valence-electron chi connectivity index (χ4n) is 3.53. The molecule has 168 valence electrons. The van der Waals surface area contributed by atoms with Crippen LogP contribution >= 0.6 is 0 Å². The molecular formula is C27H33N3O2. The van der Waals surface area contributed by atoms with Crippen LogP contribution in [-0.4, -0.2) is 41.6 Å². The van der Waals surface area contributed by atoms with Gasteiger partial charge in [0.15, 0.2) is 5.78 Å². The van der Waals surface area contributed by atoms with Gasteiger partial charge in [0.05, 0.1) is 17.6 Å². The number of ether oxygens (including phenoxy) is 1. The molecule has 0 bridgehead atoms. The van der Waals surface area contributed by atoms with Crippen molar-refractivity contribution >= 4 is 11.6 Å². The Bertz CT molecular complexity index is 975. The van der Waals surface area contributed by atoms with Gasteiger partial charge in [-0.05, 0) is 26.7 Å². The second-order valence-electron chi connectivity index (χ2n) is 8.10. The van der Waals surface area contributed by atoms with E-state index in [1.165, 1.54) is 0 Å². The number of ketones is 1. The molecule has 0 N–H and O–H groups in total. The van der Waals surface area contributed by atoms with Crippen LogP contribution in [0.4, 0.5) is 5.82 Å². The molecule has 5 nitrogen and oxygen atoms in total. The highest BCUT2D eigenvalue weighted by Gasteiger charge is 2.17. The molecule has 0 unspecified atom stereocenters. The minimum atomic E-state index is 0.149. The van der Waals surface area contributed by atoms with Crippen LogP contribution in [0.25, 0.3) is 22.5 Å². The number of rotatable bonds is 12. The fourth-order valence-corrected chi connectivity index (χ4v) is 3.53. The lowest BCUT2D eigenvalue weighted by molar-refractivity contribution is -0.123. The third-order valence-corrected chi connectivity index (χ3v) is 5.37. The van der Waals surface area contributed by atoms with E-state index in [2.05, 4.69) is 43.0 Å². The Balaban J connectivity index is 1.78. The molecule has 2 aromatic carbocycles. The first-order valence-electron chi connectivity index (χ1n) is 11.4. The molecule has 0 radical (unpaired) electrons. The summed E-state index contributed by atoms with van der Waals surface area (Å²) in [6.45, 7) is 7.88. The molecule has 5 heteroatoms. The smallest absolute Gasteiger partial charge is 0.158 e. The van der Waals surface area contributed by atoms with E-state index in [4.69, 9.17) is 14.7 Å². The number of unbranched alkanes of at least 4 members (excludes halogenated alkanes) is 1. The van der Waals surface area contributed by atoms with Crippen molar-refractivity contribution in [3.05, 3.63) is 66.9 Å². The predicted molar refractivity (Wildman–Crippen MR) is 131 cm³/mol. The maximum atomic E-state index is 11.4. The van der Waals surface area contributed by atoms with Crippen molar-refractivity contribution in [1.29, 1.82) is 0 Å². The number of anilines is 1. The highest BCUT2D eigenvalue weighted by atomic mass is 16.5. The van der Waals surface area contributed by atoms with E-state index >= 15 is 0 Å². The van der Waals surface area contributed by atoms with E-state index in [9.17, 15) is 4.79 Å². The Kier molecular flexibility index (Phi) is 8.93. The van der Waals surface area contributed by atoms with Crippen LogP contribution in [0.3, 0.4) is 0 Å². The number of benzene rings is 2. The number of hydrogen-bond donors (Lipinski definition) is 0. The Morgan fingerprint density at radius 1 is 0.938 bits per heavy atom. The first-order chi connectivity index (χ1) is 15.6. The summed E-state index contributed by atoms with van der Waals surface area (Å²) in [4.78, 5) is 23.6. The van der Waals surface area contributed by atoms with Crippen LogP contribution in [0.15, 0.2) is 66.9 Å². The molecule has 0 saturated heterocycles. The second kappa shape index (κ2) is 12.1. The molecule has 3 aromatic rings. The van der Waals surface area contributed by atoms with Gasteiger partial charge in [0, 0.05) is 36.7 Å². The van der Waals surface area contributed by atoms with Crippen LogP contribution in [0.5, 0.6) is 0 Å². The topological polar surface area (TPSA) is 55.3 Å². The molecule has 3 rings (SSSR count). The maximum absolute atomic E-state index is 11.4. The fraction of sp³-hybridized carbons (Fsp3) is 0.370. The summed E-state index contributed by atoms with van der Waals surface area (Å²) < 4.78 is 5.48. The normalized spacial score (nSPS) is 11.0. The molecule has 0 aliphatic heterocycles. The monoisotopic (exact) mass is 431 g/mol. The largest absolute Gasteiger partial charge is 0.374 e. The lowest BCUT2D eigenvalue weighted by atomic mass is 10.0. The minimum Gasteiger partial charge on any atom is -0.374 e. The molecule has 0 spiro atoms. The number of Topliss-reactive ketones (excluding diaryl/α,β-unsaturated/α-hetero) is 1. The summed E-state index contributed by atoms with van der Waals surface area (Å²) >= 11 is 0. The molecule has 0 amide bonds. The third-order valence-electron chi connectivity index (χ3n) is 5.37.